The summed E-state index contributed by atoms with van der Waals surface area (Å²) in [7, 11) is 3.32. The third-order valence-corrected chi connectivity index (χ3v) is 4.23. The Morgan fingerprint density at radius 3 is 2.62 bits per heavy atom. The topological polar surface area (TPSA) is 56.5 Å². The van der Waals surface area contributed by atoms with Gasteiger partial charge in [0, 0.05) is 12.0 Å². The molecule has 0 aliphatic carbocycles. The van der Waals surface area contributed by atoms with Gasteiger partial charge in [0.1, 0.15) is 16.9 Å². The molecule has 0 atom stereocenters. The Morgan fingerprint density at radius 2 is 1.88 bits per heavy atom. The molecule has 0 radical (unpaired) electrons. The lowest BCUT2D eigenvalue weighted by molar-refractivity contribution is 0.412. The van der Waals surface area contributed by atoms with Crippen molar-refractivity contribution in [2.45, 2.75) is 19.3 Å². The highest BCUT2D eigenvalue weighted by atomic mass is 16.5. The first-order chi connectivity index (χ1) is 11.5. The van der Waals surface area contributed by atoms with Crippen LogP contribution in [0.2, 0.25) is 0 Å². The van der Waals surface area contributed by atoms with E-state index in [-0.39, 0.29) is 5.41 Å². The van der Waals surface area contributed by atoms with E-state index in [1.54, 1.807) is 14.2 Å². The van der Waals surface area contributed by atoms with Gasteiger partial charge in [-0.15, -0.1) is 0 Å². The predicted molar refractivity (Wildman–Crippen MR) is 95.1 cm³/mol. The number of aromatic nitrogens is 1. The molecule has 0 bridgehead atoms. The van der Waals surface area contributed by atoms with Crippen molar-refractivity contribution in [2.24, 2.45) is 0 Å². The van der Waals surface area contributed by atoms with Gasteiger partial charge in [-0.1, -0.05) is 37.2 Å². The molecule has 1 aromatic heterocycles. The molecule has 0 aliphatic rings. The quantitative estimate of drug-likeness (QED) is 0.734. The van der Waals surface area contributed by atoms with E-state index in [1.807, 2.05) is 30.3 Å². The predicted octanol–water partition coefficient (Wildman–Crippen LogP) is 4.23. The monoisotopic (exact) mass is 326 g/mol. The maximum Gasteiger partial charge on any atom is 0.181 e. The zero-order valence-corrected chi connectivity index (χ0v) is 14.4. The smallest absolute Gasteiger partial charge is 0.181 e. The van der Waals surface area contributed by atoms with E-state index in [2.05, 4.69) is 36.5 Å². The van der Waals surface area contributed by atoms with Crippen LogP contribution in [-0.2, 0) is 5.41 Å². The molecule has 5 heteroatoms. The molecule has 2 aromatic carbocycles. The van der Waals surface area contributed by atoms with Gasteiger partial charge in [0.2, 0.25) is 0 Å². The minimum Gasteiger partial charge on any atom is -0.497 e. The normalized spacial score (nSPS) is 11.5. The molecule has 3 aromatic rings. The van der Waals surface area contributed by atoms with Crippen LogP contribution in [0.1, 0.15) is 19.4 Å². The molecule has 0 saturated carbocycles. The van der Waals surface area contributed by atoms with E-state index in [9.17, 15) is 0 Å². The lowest BCUT2D eigenvalue weighted by Gasteiger charge is -2.26. The molecule has 1 N–H and O–H groups in total. The molecule has 0 unspecified atom stereocenters. The average molecular weight is 326 g/mol. The van der Waals surface area contributed by atoms with Gasteiger partial charge >= 0.3 is 0 Å². The Kier molecular flexibility index (Phi) is 4.34. The largest absolute Gasteiger partial charge is 0.497 e. The van der Waals surface area contributed by atoms with Crippen molar-refractivity contribution in [3.8, 4) is 11.5 Å². The Hall–Kier alpha value is -2.69. The van der Waals surface area contributed by atoms with Gasteiger partial charge in [-0.25, -0.2) is 0 Å². The minimum atomic E-state index is -0.109. The zero-order chi connectivity index (χ0) is 17.2. The van der Waals surface area contributed by atoms with Crippen molar-refractivity contribution < 1.29 is 14.0 Å². The van der Waals surface area contributed by atoms with Gasteiger partial charge < -0.3 is 19.3 Å². The number of nitrogens with zero attached hydrogens (tertiary/aromatic N) is 1. The summed E-state index contributed by atoms with van der Waals surface area (Å²) in [6.45, 7) is 5.04. The number of anilines is 1. The van der Waals surface area contributed by atoms with Crippen molar-refractivity contribution in [3.05, 3.63) is 48.0 Å². The number of hydrogen-bond acceptors (Lipinski definition) is 5. The minimum absolute atomic E-state index is 0.109. The van der Waals surface area contributed by atoms with E-state index in [0.29, 0.717) is 17.9 Å². The first-order valence-electron chi connectivity index (χ1n) is 7.86. The second-order valence-electron chi connectivity index (χ2n) is 6.33. The summed E-state index contributed by atoms with van der Waals surface area (Å²) in [5.41, 5.74) is 1.78. The van der Waals surface area contributed by atoms with Crippen molar-refractivity contribution in [1.82, 2.24) is 5.16 Å². The fourth-order valence-corrected chi connectivity index (χ4v) is 2.70. The number of ether oxygens (including phenoxy) is 2. The third-order valence-electron chi connectivity index (χ3n) is 4.23. The Balaban J connectivity index is 1.84. The second kappa shape index (κ2) is 6.43. The summed E-state index contributed by atoms with van der Waals surface area (Å²) in [6.07, 6.45) is 0. The Bertz CT molecular complexity index is 839. The highest BCUT2D eigenvalue weighted by Gasteiger charge is 2.23. The van der Waals surface area contributed by atoms with Crippen LogP contribution in [0.25, 0.3) is 11.0 Å². The molecule has 24 heavy (non-hydrogen) atoms. The highest BCUT2D eigenvalue weighted by Crippen LogP contribution is 2.33. The first-order valence-corrected chi connectivity index (χ1v) is 7.86. The average Bonchev–Trinajstić information content (AvgIpc) is 3.03. The van der Waals surface area contributed by atoms with Gasteiger partial charge in [-0.3, -0.25) is 0 Å². The van der Waals surface area contributed by atoms with E-state index in [1.165, 1.54) is 5.56 Å². The second-order valence-corrected chi connectivity index (χ2v) is 6.33. The standard InChI is InChI=1S/C19H22N2O3/c1-19(2,13-7-5-8-14(11-13)22-3)12-20-18-17-15(23-4)9-6-10-16(17)24-21-18/h5-11H,12H2,1-4H3,(H,20,21). The summed E-state index contributed by atoms with van der Waals surface area (Å²) in [5.74, 6) is 2.29. The zero-order valence-electron chi connectivity index (χ0n) is 14.4. The van der Waals surface area contributed by atoms with Crippen LogP contribution < -0.4 is 14.8 Å². The van der Waals surface area contributed by atoms with Crippen molar-refractivity contribution in [2.75, 3.05) is 26.1 Å². The molecule has 0 amide bonds. The number of nitrogens with one attached hydrogen (secondary N) is 1. The van der Waals surface area contributed by atoms with E-state index in [0.717, 1.165) is 16.9 Å². The number of methoxy groups -OCH3 is 2. The summed E-state index contributed by atoms with van der Waals surface area (Å²) >= 11 is 0. The summed E-state index contributed by atoms with van der Waals surface area (Å²) < 4.78 is 16.1. The van der Waals surface area contributed by atoms with Gasteiger partial charge in [0.05, 0.1) is 14.2 Å². The first kappa shape index (κ1) is 16.2. The molecular weight excluding hydrogens is 304 g/mol. The van der Waals surface area contributed by atoms with Crippen LogP contribution in [-0.4, -0.2) is 25.9 Å². The van der Waals surface area contributed by atoms with Gasteiger partial charge in [0.25, 0.3) is 0 Å². The van der Waals surface area contributed by atoms with E-state index < -0.39 is 0 Å². The molecule has 0 fully saturated rings. The highest BCUT2D eigenvalue weighted by molar-refractivity contribution is 5.93. The molecule has 5 nitrogen and oxygen atoms in total. The van der Waals surface area contributed by atoms with Gasteiger partial charge in [-0.05, 0) is 29.8 Å². The lowest BCUT2D eigenvalue weighted by atomic mass is 9.84. The van der Waals surface area contributed by atoms with Gasteiger partial charge in [-0.2, -0.15) is 0 Å². The van der Waals surface area contributed by atoms with Crippen LogP contribution in [0, 0.1) is 0 Å². The fourth-order valence-electron chi connectivity index (χ4n) is 2.70. The molecule has 0 aliphatic heterocycles. The number of benzene rings is 2. The fraction of sp³-hybridized carbons (Fsp3) is 0.316. The summed E-state index contributed by atoms with van der Waals surface area (Å²) in [4.78, 5) is 0. The molecule has 0 saturated heterocycles. The van der Waals surface area contributed by atoms with Gasteiger partial charge in [0.15, 0.2) is 11.4 Å². The summed E-state index contributed by atoms with van der Waals surface area (Å²) in [5, 5.41) is 8.40. The molecule has 126 valence electrons. The molecule has 0 spiro atoms. The third kappa shape index (κ3) is 3.02. The van der Waals surface area contributed by atoms with Crippen LogP contribution in [0.5, 0.6) is 11.5 Å². The van der Waals surface area contributed by atoms with Crippen LogP contribution in [0.3, 0.4) is 0 Å². The Morgan fingerprint density at radius 1 is 1.08 bits per heavy atom. The van der Waals surface area contributed by atoms with Crippen LogP contribution in [0.15, 0.2) is 47.0 Å². The van der Waals surface area contributed by atoms with E-state index >= 15 is 0 Å². The van der Waals surface area contributed by atoms with Crippen molar-refractivity contribution >= 4 is 16.8 Å². The molecular formula is C19H22N2O3. The lowest BCUT2D eigenvalue weighted by Crippen LogP contribution is -2.27. The maximum atomic E-state index is 5.42. The van der Waals surface area contributed by atoms with E-state index in [4.69, 9.17) is 14.0 Å². The SMILES string of the molecule is COc1cccc(C(C)(C)CNc2noc3cccc(OC)c23)c1. The Labute approximate surface area is 141 Å². The van der Waals surface area contributed by atoms with Crippen molar-refractivity contribution in [3.63, 3.8) is 0 Å². The molecule has 1 heterocycles. The number of hydrogen-bond donors (Lipinski definition) is 1. The summed E-state index contributed by atoms with van der Waals surface area (Å²) in [6, 6.07) is 13.8. The number of fused-ring (bicyclic) bond motifs is 1. The van der Waals surface area contributed by atoms with Crippen LogP contribution in [0.4, 0.5) is 5.82 Å². The molecule has 3 rings (SSSR count). The number of rotatable bonds is 6. The van der Waals surface area contributed by atoms with Crippen LogP contribution >= 0.6 is 0 Å². The van der Waals surface area contributed by atoms with Crippen molar-refractivity contribution in [1.29, 1.82) is 0 Å². The maximum absolute atomic E-state index is 5.42.